The number of non-ortho nitro benzene ring substituents is 1. The molecule has 0 aromatic heterocycles. The van der Waals surface area contributed by atoms with Crippen LogP contribution in [0, 0.1) is 33.8 Å². The summed E-state index contributed by atoms with van der Waals surface area (Å²) < 4.78 is 0. The highest BCUT2D eigenvalue weighted by molar-refractivity contribution is 6.06. The van der Waals surface area contributed by atoms with E-state index in [1.54, 1.807) is 0 Å². The molecule has 2 bridgehead atoms. The Morgan fingerprint density at radius 1 is 1.16 bits per heavy atom. The van der Waals surface area contributed by atoms with Crippen LogP contribution < -0.4 is 0 Å². The molecular weight excluding hydrogens is 326 g/mol. The smallest absolute Gasteiger partial charge is 0.270 e. The molecule has 5 rings (SSSR count). The molecule has 1 heterocycles. The molecule has 4 atom stereocenters. The van der Waals surface area contributed by atoms with Gasteiger partial charge in [0, 0.05) is 17.7 Å². The number of nitrogens with zero attached hydrogens (tertiary/aromatic N) is 3. The van der Waals surface area contributed by atoms with Gasteiger partial charge in [-0.25, -0.2) is 0 Å². The number of aromatic hydroxyl groups is 1. The fourth-order valence-electron chi connectivity index (χ4n) is 4.05. The molecule has 4 aliphatic rings. The second-order valence-corrected chi connectivity index (χ2v) is 6.57. The van der Waals surface area contributed by atoms with E-state index >= 15 is 0 Å². The van der Waals surface area contributed by atoms with Crippen LogP contribution in [0.3, 0.4) is 0 Å². The lowest BCUT2D eigenvalue weighted by Gasteiger charge is -2.37. The van der Waals surface area contributed by atoms with Crippen LogP contribution in [0.5, 0.6) is 5.75 Å². The average Bonchev–Trinajstić information content (AvgIpc) is 2.88. The Morgan fingerprint density at radius 3 is 2.28 bits per heavy atom. The van der Waals surface area contributed by atoms with Gasteiger partial charge in [0.15, 0.2) is 0 Å². The molecular formula is C17H15N3O5. The third kappa shape index (κ3) is 2.33. The quantitative estimate of drug-likeness (QED) is 0.296. The minimum absolute atomic E-state index is 0.0675. The van der Waals surface area contributed by atoms with Crippen molar-refractivity contribution in [3.63, 3.8) is 0 Å². The molecule has 1 aliphatic heterocycles. The summed E-state index contributed by atoms with van der Waals surface area (Å²) in [6, 6.07) is 3.48. The van der Waals surface area contributed by atoms with Gasteiger partial charge >= 0.3 is 0 Å². The van der Waals surface area contributed by atoms with Gasteiger partial charge in [0.25, 0.3) is 17.5 Å². The Bertz CT molecular complexity index is 815. The summed E-state index contributed by atoms with van der Waals surface area (Å²) in [4.78, 5) is 35.5. The number of nitro groups is 1. The van der Waals surface area contributed by atoms with E-state index in [9.17, 15) is 24.8 Å². The molecule has 8 heteroatoms. The first-order valence-corrected chi connectivity index (χ1v) is 8.05. The number of fused-ring (bicyclic) bond motifs is 1. The van der Waals surface area contributed by atoms with Crippen molar-refractivity contribution in [1.82, 2.24) is 5.01 Å². The van der Waals surface area contributed by atoms with Crippen molar-refractivity contribution in [2.75, 3.05) is 0 Å². The molecule has 1 saturated heterocycles. The minimum Gasteiger partial charge on any atom is -0.507 e. The monoisotopic (exact) mass is 341 g/mol. The lowest BCUT2D eigenvalue weighted by molar-refractivity contribution is -0.384. The predicted octanol–water partition coefficient (Wildman–Crippen LogP) is 1.83. The average molecular weight is 341 g/mol. The van der Waals surface area contributed by atoms with Crippen LogP contribution in [0.15, 0.2) is 35.5 Å². The molecule has 1 N–H and O–H groups in total. The lowest BCUT2D eigenvalue weighted by atomic mass is 9.63. The van der Waals surface area contributed by atoms with Crippen LogP contribution in [0.2, 0.25) is 0 Å². The molecule has 25 heavy (non-hydrogen) atoms. The van der Waals surface area contributed by atoms with Crippen molar-refractivity contribution < 1.29 is 19.6 Å². The van der Waals surface area contributed by atoms with Crippen LogP contribution in [-0.4, -0.2) is 33.1 Å². The van der Waals surface area contributed by atoms with Gasteiger partial charge in [-0.3, -0.25) is 19.7 Å². The summed E-state index contributed by atoms with van der Waals surface area (Å²) in [5.74, 6) is -1.49. The van der Waals surface area contributed by atoms with Crippen LogP contribution in [-0.2, 0) is 9.59 Å². The zero-order valence-electron chi connectivity index (χ0n) is 13.1. The number of allylic oxidation sites excluding steroid dienone is 2. The van der Waals surface area contributed by atoms with Gasteiger partial charge in [-0.15, -0.1) is 0 Å². The van der Waals surface area contributed by atoms with Crippen molar-refractivity contribution in [2.45, 2.75) is 12.8 Å². The van der Waals surface area contributed by atoms with E-state index in [1.165, 1.54) is 6.07 Å². The van der Waals surface area contributed by atoms with Crippen LogP contribution in [0.25, 0.3) is 0 Å². The highest BCUT2D eigenvalue weighted by Crippen LogP contribution is 2.49. The molecule has 3 aliphatic carbocycles. The number of benzene rings is 1. The van der Waals surface area contributed by atoms with Crippen molar-refractivity contribution in [3.8, 4) is 5.75 Å². The minimum atomic E-state index is -0.596. The van der Waals surface area contributed by atoms with Crippen molar-refractivity contribution >= 4 is 23.7 Å². The van der Waals surface area contributed by atoms with Gasteiger partial charge in [0.2, 0.25) is 0 Å². The number of carbonyl (C=O) groups is 2. The molecule has 8 nitrogen and oxygen atoms in total. The number of carbonyl (C=O) groups excluding carboxylic acids is 2. The number of amides is 2. The molecule has 0 unspecified atom stereocenters. The number of phenolic OH excluding ortho intramolecular Hbond substituents is 1. The van der Waals surface area contributed by atoms with E-state index < -0.39 is 4.92 Å². The number of hydrogen-bond acceptors (Lipinski definition) is 6. The van der Waals surface area contributed by atoms with Gasteiger partial charge in [0.05, 0.1) is 23.0 Å². The number of phenols is 1. The topological polar surface area (TPSA) is 113 Å². The van der Waals surface area contributed by atoms with Crippen LogP contribution >= 0.6 is 0 Å². The largest absolute Gasteiger partial charge is 0.507 e. The summed E-state index contributed by atoms with van der Waals surface area (Å²) in [5.41, 5.74) is -0.139. The van der Waals surface area contributed by atoms with E-state index in [4.69, 9.17) is 0 Å². The normalized spacial score (nSPS) is 30.3. The summed E-state index contributed by atoms with van der Waals surface area (Å²) in [5, 5.41) is 25.4. The predicted molar refractivity (Wildman–Crippen MR) is 86.5 cm³/mol. The third-order valence-corrected chi connectivity index (χ3v) is 5.27. The van der Waals surface area contributed by atoms with Gasteiger partial charge in [-0.1, -0.05) is 12.2 Å². The zero-order valence-corrected chi connectivity index (χ0v) is 13.1. The van der Waals surface area contributed by atoms with E-state index in [0.29, 0.717) is 0 Å². The Balaban J connectivity index is 1.63. The van der Waals surface area contributed by atoms with E-state index in [2.05, 4.69) is 5.10 Å². The number of rotatable bonds is 3. The SMILES string of the molecule is O=C1[C@@H]2[C@@H](C(=O)N1/N=C\c1cc([N+](=O)[O-])ccc1O)[C@H]1C=C[C@@H]2CC1. The van der Waals surface area contributed by atoms with Gasteiger partial charge < -0.3 is 5.11 Å². The van der Waals surface area contributed by atoms with Crippen LogP contribution in [0.1, 0.15) is 18.4 Å². The Morgan fingerprint density at radius 2 is 1.76 bits per heavy atom. The molecule has 1 aromatic rings. The van der Waals surface area contributed by atoms with Crippen molar-refractivity contribution in [1.29, 1.82) is 0 Å². The molecule has 2 amide bonds. The summed E-state index contributed by atoms with van der Waals surface area (Å²) in [6.45, 7) is 0. The number of nitro benzene ring substituents is 1. The van der Waals surface area contributed by atoms with Crippen LogP contribution in [0.4, 0.5) is 5.69 Å². The molecule has 0 radical (unpaired) electrons. The van der Waals surface area contributed by atoms with Gasteiger partial charge in [-0.2, -0.15) is 10.1 Å². The maximum Gasteiger partial charge on any atom is 0.270 e. The lowest BCUT2D eigenvalue weighted by Crippen LogP contribution is -2.38. The summed E-state index contributed by atoms with van der Waals surface area (Å²) in [7, 11) is 0. The van der Waals surface area contributed by atoms with Crippen molar-refractivity contribution in [2.24, 2.45) is 28.8 Å². The number of imide groups is 1. The summed E-state index contributed by atoms with van der Waals surface area (Å²) in [6.07, 6.45) is 6.93. The third-order valence-electron chi connectivity index (χ3n) is 5.27. The molecule has 0 spiro atoms. The maximum absolute atomic E-state index is 12.6. The second-order valence-electron chi connectivity index (χ2n) is 6.57. The first kappa shape index (κ1) is 15.5. The molecule has 1 aromatic carbocycles. The first-order valence-electron chi connectivity index (χ1n) is 8.05. The van der Waals surface area contributed by atoms with Gasteiger partial charge in [0.1, 0.15) is 5.75 Å². The Kier molecular flexibility index (Phi) is 3.41. The number of hydrazone groups is 1. The Hall–Kier alpha value is -3.03. The Labute approximate surface area is 142 Å². The molecule has 2 fully saturated rings. The highest BCUT2D eigenvalue weighted by Gasteiger charge is 2.56. The highest BCUT2D eigenvalue weighted by atomic mass is 16.6. The fraction of sp³-hybridized carbons (Fsp3) is 0.353. The van der Waals surface area contributed by atoms with Gasteiger partial charge in [-0.05, 0) is 30.7 Å². The molecule has 1 saturated carbocycles. The number of hydrogen-bond donors (Lipinski definition) is 1. The fourth-order valence-corrected chi connectivity index (χ4v) is 4.05. The van der Waals surface area contributed by atoms with E-state index in [0.717, 1.165) is 36.2 Å². The second kappa shape index (κ2) is 5.51. The van der Waals surface area contributed by atoms with E-state index in [1.807, 2.05) is 12.2 Å². The summed E-state index contributed by atoms with van der Waals surface area (Å²) >= 11 is 0. The zero-order chi connectivity index (χ0) is 17.7. The first-order chi connectivity index (χ1) is 12.0. The van der Waals surface area contributed by atoms with Crippen molar-refractivity contribution in [3.05, 3.63) is 46.0 Å². The molecule has 128 valence electrons. The standard InChI is InChI=1S/C17H15N3O5/c21-13-6-5-12(20(24)25)7-11(13)8-18-19-16(22)14-9-1-2-10(4-3-9)15(14)17(19)23/h1-2,5-10,14-15,21H,3-4H2/b18-8-/t9-,10+,14-,15-/m0/s1. The van der Waals surface area contributed by atoms with E-state index in [-0.39, 0.29) is 52.5 Å². The maximum atomic E-state index is 12.6.